The quantitative estimate of drug-likeness (QED) is 0.847. The third-order valence-electron chi connectivity index (χ3n) is 3.65. The zero-order valence-corrected chi connectivity index (χ0v) is 13.3. The Kier molecular flexibility index (Phi) is 4.88. The predicted molar refractivity (Wildman–Crippen MR) is 84.5 cm³/mol. The van der Waals surface area contributed by atoms with Gasteiger partial charge in [-0.2, -0.15) is 4.98 Å². The van der Waals surface area contributed by atoms with Gasteiger partial charge in [-0.05, 0) is 19.1 Å². The Morgan fingerprint density at radius 1 is 1.44 bits per heavy atom. The van der Waals surface area contributed by atoms with Crippen LogP contribution < -0.4 is 11.0 Å². The van der Waals surface area contributed by atoms with Crippen molar-refractivity contribution in [1.82, 2.24) is 9.55 Å². The molecule has 0 bridgehead atoms. The molecule has 9 heteroatoms. The fourth-order valence-corrected chi connectivity index (χ4v) is 2.31. The summed E-state index contributed by atoms with van der Waals surface area (Å²) < 4.78 is 25.4. The molecule has 0 saturated carbocycles. The van der Waals surface area contributed by atoms with Gasteiger partial charge in [-0.15, -0.1) is 0 Å². The van der Waals surface area contributed by atoms with E-state index in [1.807, 2.05) is 6.92 Å². The van der Waals surface area contributed by atoms with Gasteiger partial charge in [0, 0.05) is 5.56 Å². The van der Waals surface area contributed by atoms with E-state index in [0.29, 0.717) is 5.56 Å². The SMILES string of the molecule is Cc1ccc(C(=O)Nc2nc(=O)n([C@H]3CO[C@@H](CO)O3)cc2F)cc1. The largest absolute Gasteiger partial charge is 0.391 e. The van der Waals surface area contributed by atoms with Crippen molar-refractivity contribution in [3.8, 4) is 0 Å². The van der Waals surface area contributed by atoms with E-state index in [9.17, 15) is 14.0 Å². The molecule has 2 heterocycles. The number of aliphatic hydroxyl groups excluding tert-OH is 1. The maximum atomic E-state index is 14.2. The fourth-order valence-electron chi connectivity index (χ4n) is 2.31. The smallest absolute Gasteiger partial charge is 0.351 e. The van der Waals surface area contributed by atoms with Crippen LogP contribution in [0.1, 0.15) is 22.1 Å². The molecule has 25 heavy (non-hydrogen) atoms. The number of hydrogen-bond donors (Lipinski definition) is 2. The Morgan fingerprint density at radius 3 is 2.80 bits per heavy atom. The highest BCUT2D eigenvalue weighted by Crippen LogP contribution is 2.20. The van der Waals surface area contributed by atoms with E-state index in [1.54, 1.807) is 24.3 Å². The molecule has 1 aliphatic heterocycles. The van der Waals surface area contributed by atoms with Crippen LogP contribution in [0.4, 0.5) is 10.2 Å². The van der Waals surface area contributed by atoms with Crippen LogP contribution in [0.3, 0.4) is 0 Å². The molecule has 0 spiro atoms. The summed E-state index contributed by atoms with van der Waals surface area (Å²) in [5.41, 5.74) is 0.477. The minimum Gasteiger partial charge on any atom is -0.391 e. The zero-order valence-electron chi connectivity index (χ0n) is 13.3. The lowest BCUT2D eigenvalue weighted by Crippen LogP contribution is -2.30. The molecule has 1 aromatic carbocycles. The van der Waals surface area contributed by atoms with Crippen molar-refractivity contribution in [2.75, 3.05) is 18.5 Å². The van der Waals surface area contributed by atoms with Gasteiger partial charge in [-0.3, -0.25) is 9.36 Å². The average molecular weight is 349 g/mol. The molecule has 0 radical (unpaired) electrons. The molecule has 3 rings (SSSR count). The number of halogens is 1. The van der Waals surface area contributed by atoms with Crippen molar-refractivity contribution >= 4 is 11.7 Å². The molecule has 1 fully saturated rings. The Labute approximate surface area is 141 Å². The number of hydrogen-bond acceptors (Lipinski definition) is 6. The van der Waals surface area contributed by atoms with Crippen molar-refractivity contribution in [2.45, 2.75) is 19.4 Å². The first-order valence-electron chi connectivity index (χ1n) is 7.52. The standard InChI is InChI=1S/C16H16FN3O5/c1-9-2-4-10(5-3-9)15(22)18-14-11(17)6-20(16(23)19-14)12-8-24-13(7-21)25-12/h2-6,12-13,21H,7-8H2,1H3,(H,18,19,22,23)/t12-,13-/m1/s1. The average Bonchev–Trinajstić information content (AvgIpc) is 3.07. The van der Waals surface area contributed by atoms with Gasteiger partial charge in [-0.25, -0.2) is 9.18 Å². The van der Waals surface area contributed by atoms with Crippen molar-refractivity contribution in [3.63, 3.8) is 0 Å². The maximum absolute atomic E-state index is 14.2. The van der Waals surface area contributed by atoms with Crippen LogP contribution in [0.25, 0.3) is 0 Å². The van der Waals surface area contributed by atoms with E-state index in [2.05, 4.69) is 10.3 Å². The molecule has 132 valence electrons. The van der Waals surface area contributed by atoms with E-state index >= 15 is 0 Å². The number of aromatic nitrogens is 2. The number of aliphatic hydroxyl groups is 1. The third-order valence-corrected chi connectivity index (χ3v) is 3.65. The third kappa shape index (κ3) is 3.73. The van der Waals surface area contributed by atoms with Crippen LogP contribution in [0, 0.1) is 12.7 Å². The summed E-state index contributed by atoms with van der Waals surface area (Å²) in [6, 6.07) is 6.66. The summed E-state index contributed by atoms with van der Waals surface area (Å²) in [5, 5.41) is 11.2. The number of nitrogens with zero attached hydrogens (tertiary/aromatic N) is 2. The summed E-state index contributed by atoms with van der Waals surface area (Å²) in [7, 11) is 0. The van der Waals surface area contributed by atoms with Crippen LogP contribution in [0.15, 0.2) is 35.3 Å². The van der Waals surface area contributed by atoms with Gasteiger partial charge in [0.2, 0.25) is 0 Å². The second-order valence-corrected chi connectivity index (χ2v) is 5.48. The molecule has 1 aliphatic rings. The molecule has 2 N–H and O–H groups in total. The van der Waals surface area contributed by atoms with Crippen LogP contribution in [-0.2, 0) is 9.47 Å². The Bertz CT molecular complexity index is 837. The summed E-state index contributed by atoms with van der Waals surface area (Å²) in [4.78, 5) is 27.7. The second-order valence-electron chi connectivity index (χ2n) is 5.48. The summed E-state index contributed by atoms with van der Waals surface area (Å²) in [6.07, 6.45) is -0.886. The number of ether oxygens (including phenoxy) is 2. The van der Waals surface area contributed by atoms with E-state index in [-0.39, 0.29) is 13.2 Å². The molecule has 0 unspecified atom stereocenters. The van der Waals surface area contributed by atoms with Gasteiger partial charge in [-0.1, -0.05) is 17.7 Å². The number of aryl methyl sites for hydroxylation is 1. The van der Waals surface area contributed by atoms with Gasteiger partial charge in [0.25, 0.3) is 5.91 Å². The van der Waals surface area contributed by atoms with Crippen LogP contribution in [0.5, 0.6) is 0 Å². The monoisotopic (exact) mass is 349 g/mol. The van der Waals surface area contributed by atoms with Gasteiger partial charge in [0.05, 0.1) is 19.4 Å². The molecule has 8 nitrogen and oxygen atoms in total. The molecular formula is C16H16FN3O5. The minimum atomic E-state index is -0.895. The highest BCUT2D eigenvalue weighted by molar-refractivity contribution is 6.03. The number of rotatable bonds is 4. The first kappa shape index (κ1) is 17.2. The lowest BCUT2D eigenvalue weighted by atomic mass is 10.1. The van der Waals surface area contributed by atoms with E-state index in [1.165, 1.54) is 0 Å². The number of carbonyl (C=O) groups excluding carboxylic acids is 1. The van der Waals surface area contributed by atoms with Gasteiger partial charge in [0.1, 0.15) is 0 Å². The summed E-state index contributed by atoms with van der Waals surface area (Å²) >= 11 is 0. The Hall–Kier alpha value is -2.62. The van der Waals surface area contributed by atoms with Crippen LogP contribution in [0.2, 0.25) is 0 Å². The highest BCUT2D eigenvalue weighted by Gasteiger charge is 2.28. The van der Waals surface area contributed by atoms with Crippen molar-refractivity contribution in [3.05, 3.63) is 57.9 Å². The predicted octanol–water partition coefficient (Wildman–Crippen LogP) is 0.807. The number of nitrogens with one attached hydrogen (secondary N) is 1. The molecule has 2 aromatic rings. The van der Waals surface area contributed by atoms with E-state index < -0.39 is 35.7 Å². The number of anilines is 1. The fraction of sp³-hybridized carbons (Fsp3) is 0.312. The van der Waals surface area contributed by atoms with E-state index in [0.717, 1.165) is 16.3 Å². The number of benzene rings is 1. The second kappa shape index (κ2) is 7.09. The van der Waals surface area contributed by atoms with E-state index in [4.69, 9.17) is 14.6 Å². The first-order chi connectivity index (χ1) is 12.0. The Balaban J connectivity index is 1.79. The number of amides is 1. The van der Waals surface area contributed by atoms with Crippen LogP contribution in [-0.4, -0.2) is 40.1 Å². The molecule has 1 aromatic heterocycles. The van der Waals surface area contributed by atoms with Gasteiger partial charge in [0.15, 0.2) is 24.2 Å². The zero-order chi connectivity index (χ0) is 18.0. The normalized spacial score (nSPS) is 19.8. The van der Waals surface area contributed by atoms with Crippen molar-refractivity contribution in [2.24, 2.45) is 0 Å². The highest BCUT2D eigenvalue weighted by atomic mass is 19.1. The van der Waals surface area contributed by atoms with Crippen molar-refractivity contribution < 1.29 is 23.8 Å². The Morgan fingerprint density at radius 2 is 2.16 bits per heavy atom. The lowest BCUT2D eigenvalue weighted by molar-refractivity contribution is -0.0993. The lowest BCUT2D eigenvalue weighted by Gasteiger charge is -2.13. The molecule has 1 amide bonds. The van der Waals surface area contributed by atoms with Crippen LogP contribution >= 0.6 is 0 Å². The summed E-state index contributed by atoms with van der Waals surface area (Å²) in [5.74, 6) is -1.94. The maximum Gasteiger partial charge on any atom is 0.351 e. The van der Waals surface area contributed by atoms with Crippen molar-refractivity contribution in [1.29, 1.82) is 0 Å². The first-order valence-corrected chi connectivity index (χ1v) is 7.52. The molecule has 0 aliphatic carbocycles. The van der Waals surface area contributed by atoms with Gasteiger partial charge < -0.3 is 19.9 Å². The topological polar surface area (TPSA) is 103 Å². The minimum absolute atomic E-state index is 0.0265. The molecule has 2 atom stereocenters. The number of carbonyl (C=O) groups is 1. The molecular weight excluding hydrogens is 333 g/mol. The summed E-state index contributed by atoms with van der Waals surface area (Å²) in [6.45, 7) is 1.46. The molecule has 1 saturated heterocycles. The van der Waals surface area contributed by atoms with Gasteiger partial charge >= 0.3 is 5.69 Å².